The molecule has 0 spiro atoms. The highest BCUT2D eigenvalue weighted by molar-refractivity contribution is 4.68. The van der Waals surface area contributed by atoms with Gasteiger partial charge in [-0.1, -0.05) is 39.0 Å². The normalized spacial score (nSPS) is 19.9. The summed E-state index contributed by atoms with van der Waals surface area (Å²) in [6.07, 6.45) is 13.1. The molecule has 0 bridgehead atoms. The Labute approximate surface area is 100 Å². The molecule has 1 saturated carbocycles. The Kier molecular flexibility index (Phi) is 7.87. The van der Waals surface area contributed by atoms with Gasteiger partial charge in [-0.3, -0.25) is 0 Å². The molecule has 1 unspecified atom stereocenters. The lowest BCUT2D eigenvalue weighted by molar-refractivity contribution is -0.0398. The molecule has 1 aliphatic carbocycles. The predicted octanol–water partition coefficient (Wildman–Crippen LogP) is 3.67. The van der Waals surface area contributed by atoms with Crippen molar-refractivity contribution >= 4 is 0 Å². The van der Waals surface area contributed by atoms with Crippen molar-refractivity contribution in [2.24, 2.45) is 0 Å². The average Bonchev–Trinajstić information content (AvgIpc) is 2.34. The zero-order valence-electron chi connectivity index (χ0n) is 10.8. The van der Waals surface area contributed by atoms with Crippen molar-refractivity contribution in [3.63, 3.8) is 0 Å². The highest BCUT2D eigenvalue weighted by Crippen LogP contribution is 2.24. The molecule has 0 aromatic carbocycles. The van der Waals surface area contributed by atoms with Gasteiger partial charge < -0.3 is 9.84 Å². The molecule has 0 amide bonds. The first-order valence-corrected chi connectivity index (χ1v) is 7.13. The van der Waals surface area contributed by atoms with Crippen LogP contribution < -0.4 is 0 Å². The first-order chi connectivity index (χ1) is 7.86. The van der Waals surface area contributed by atoms with Crippen LogP contribution in [0.2, 0.25) is 0 Å². The lowest BCUT2D eigenvalue weighted by atomic mass is 9.97. The van der Waals surface area contributed by atoms with Gasteiger partial charge in [0.2, 0.25) is 0 Å². The maximum Gasteiger partial charge on any atom is 0.0579 e. The Hall–Kier alpha value is -0.0800. The highest BCUT2D eigenvalue weighted by atomic mass is 16.5. The molecular weight excluding hydrogens is 200 g/mol. The molecule has 0 aromatic heterocycles. The van der Waals surface area contributed by atoms with Gasteiger partial charge in [0.25, 0.3) is 0 Å². The van der Waals surface area contributed by atoms with Crippen molar-refractivity contribution < 1.29 is 9.84 Å². The summed E-state index contributed by atoms with van der Waals surface area (Å²) in [4.78, 5) is 0. The Morgan fingerprint density at radius 2 is 1.81 bits per heavy atom. The monoisotopic (exact) mass is 228 g/mol. The Balaban J connectivity index is 2.23. The highest BCUT2D eigenvalue weighted by Gasteiger charge is 2.18. The van der Waals surface area contributed by atoms with E-state index in [0.717, 1.165) is 12.8 Å². The first-order valence-electron chi connectivity index (χ1n) is 7.13. The van der Waals surface area contributed by atoms with Gasteiger partial charge in [0.15, 0.2) is 0 Å². The second kappa shape index (κ2) is 9.00. The zero-order chi connectivity index (χ0) is 11.6. The number of aliphatic hydroxyl groups is 1. The maximum absolute atomic E-state index is 8.89. The third-order valence-corrected chi connectivity index (χ3v) is 3.50. The number of unbranched alkanes of at least 4 members (excludes halogenated alkanes) is 1. The van der Waals surface area contributed by atoms with Gasteiger partial charge in [-0.25, -0.2) is 0 Å². The number of hydrogen-bond acceptors (Lipinski definition) is 2. The Morgan fingerprint density at radius 1 is 1.12 bits per heavy atom. The van der Waals surface area contributed by atoms with E-state index in [0.29, 0.717) is 18.8 Å². The largest absolute Gasteiger partial charge is 0.396 e. The molecule has 0 aromatic rings. The van der Waals surface area contributed by atoms with Crippen molar-refractivity contribution in [1.29, 1.82) is 0 Å². The minimum atomic E-state index is 0.302. The van der Waals surface area contributed by atoms with Crippen LogP contribution in [0.5, 0.6) is 0 Å². The summed E-state index contributed by atoms with van der Waals surface area (Å²) in [5.74, 6) is 0. The van der Waals surface area contributed by atoms with Crippen LogP contribution in [-0.4, -0.2) is 23.9 Å². The van der Waals surface area contributed by atoms with Crippen LogP contribution in [-0.2, 0) is 4.74 Å². The Bertz CT molecular complexity index is 145. The summed E-state index contributed by atoms with van der Waals surface area (Å²) in [5, 5.41) is 8.89. The fraction of sp³-hybridized carbons (Fsp3) is 1.00. The minimum absolute atomic E-state index is 0.302. The van der Waals surface area contributed by atoms with E-state index >= 15 is 0 Å². The van der Waals surface area contributed by atoms with Crippen molar-refractivity contribution in [2.75, 3.05) is 6.61 Å². The molecule has 1 fully saturated rings. The van der Waals surface area contributed by atoms with Crippen molar-refractivity contribution in [2.45, 2.75) is 83.3 Å². The standard InChI is InChI=1S/C14H28O2/c1-2-3-8-13(11-7-12-15)16-14-9-5-4-6-10-14/h13-15H,2-12H2,1H3. The smallest absolute Gasteiger partial charge is 0.0579 e. The van der Waals surface area contributed by atoms with Crippen molar-refractivity contribution in [3.8, 4) is 0 Å². The third kappa shape index (κ3) is 5.86. The Morgan fingerprint density at radius 3 is 2.44 bits per heavy atom. The quantitative estimate of drug-likeness (QED) is 0.687. The van der Waals surface area contributed by atoms with Crippen LogP contribution in [0.3, 0.4) is 0 Å². The van der Waals surface area contributed by atoms with Crippen LogP contribution in [0, 0.1) is 0 Å². The molecule has 1 atom stereocenters. The summed E-state index contributed by atoms with van der Waals surface area (Å²) in [7, 11) is 0. The maximum atomic E-state index is 8.89. The summed E-state index contributed by atoms with van der Waals surface area (Å²) < 4.78 is 6.18. The van der Waals surface area contributed by atoms with Gasteiger partial charge in [-0.05, 0) is 32.1 Å². The van der Waals surface area contributed by atoms with Crippen molar-refractivity contribution in [3.05, 3.63) is 0 Å². The summed E-state index contributed by atoms with van der Waals surface area (Å²) >= 11 is 0. The van der Waals surface area contributed by atoms with E-state index in [-0.39, 0.29) is 0 Å². The second-order valence-corrected chi connectivity index (χ2v) is 5.03. The first kappa shape index (κ1) is 14.0. The third-order valence-electron chi connectivity index (χ3n) is 3.50. The summed E-state index contributed by atoms with van der Waals surface area (Å²) in [6.45, 7) is 2.53. The van der Waals surface area contributed by atoms with E-state index in [4.69, 9.17) is 9.84 Å². The van der Waals surface area contributed by atoms with E-state index in [2.05, 4.69) is 6.92 Å². The number of rotatable bonds is 8. The number of aliphatic hydroxyl groups excluding tert-OH is 1. The van der Waals surface area contributed by atoms with Crippen LogP contribution >= 0.6 is 0 Å². The van der Waals surface area contributed by atoms with Gasteiger partial charge in [0, 0.05) is 6.61 Å². The molecule has 0 heterocycles. The zero-order valence-corrected chi connectivity index (χ0v) is 10.8. The molecule has 2 heteroatoms. The molecule has 0 aliphatic heterocycles. The van der Waals surface area contributed by atoms with E-state index in [9.17, 15) is 0 Å². The number of hydrogen-bond donors (Lipinski definition) is 1. The van der Waals surface area contributed by atoms with E-state index in [1.807, 2.05) is 0 Å². The molecule has 0 radical (unpaired) electrons. The molecule has 1 rings (SSSR count). The SMILES string of the molecule is CCCCC(CCCO)OC1CCCCC1. The van der Waals surface area contributed by atoms with Crippen LogP contribution in [0.25, 0.3) is 0 Å². The summed E-state index contributed by atoms with van der Waals surface area (Å²) in [6, 6.07) is 0. The fourth-order valence-corrected chi connectivity index (χ4v) is 2.50. The predicted molar refractivity (Wildman–Crippen MR) is 67.6 cm³/mol. The number of ether oxygens (including phenoxy) is 1. The lowest BCUT2D eigenvalue weighted by Crippen LogP contribution is -2.24. The topological polar surface area (TPSA) is 29.5 Å². The van der Waals surface area contributed by atoms with Gasteiger partial charge in [0.05, 0.1) is 12.2 Å². The van der Waals surface area contributed by atoms with E-state index in [1.54, 1.807) is 0 Å². The molecule has 16 heavy (non-hydrogen) atoms. The van der Waals surface area contributed by atoms with Crippen LogP contribution in [0.1, 0.15) is 71.1 Å². The van der Waals surface area contributed by atoms with Crippen molar-refractivity contribution in [1.82, 2.24) is 0 Å². The fourth-order valence-electron chi connectivity index (χ4n) is 2.50. The second-order valence-electron chi connectivity index (χ2n) is 5.03. The molecule has 1 N–H and O–H groups in total. The van der Waals surface area contributed by atoms with E-state index < -0.39 is 0 Å². The molecule has 0 saturated heterocycles. The van der Waals surface area contributed by atoms with Gasteiger partial charge >= 0.3 is 0 Å². The molecule has 2 nitrogen and oxygen atoms in total. The lowest BCUT2D eigenvalue weighted by Gasteiger charge is -2.27. The molecule has 1 aliphatic rings. The van der Waals surface area contributed by atoms with E-state index in [1.165, 1.54) is 51.4 Å². The minimum Gasteiger partial charge on any atom is -0.396 e. The van der Waals surface area contributed by atoms with Gasteiger partial charge in [0.1, 0.15) is 0 Å². The van der Waals surface area contributed by atoms with Gasteiger partial charge in [-0.15, -0.1) is 0 Å². The van der Waals surface area contributed by atoms with Crippen LogP contribution in [0.4, 0.5) is 0 Å². The average molecular weight is 228 g/mol. The van der Waals surface area contributed by atoms with Gasteiger partial charge in [-0.2, -0.15) is 0 Å². The summed E-state index contributed by atoms with van der Waals surface area (Å²) in [5.41, 5.74) is 0. The molecular formula is C14H28O2. The molecule has 96 valence electrons. The van der Waals surface area contributed by atoms with Crippen LogP contribution in [0.15, 0.2) is 0 Å².